The molecule has 2 bridgehead atoms. The SMILES string of the molecule is CN1C2CCC1CC(NCCCCC(N)=O)C2. The number of rotatable bonds is 6. The van der Waals surface area contributed by atoms with Gasteiger partial charge in [0.25, 0.3) is 0 Å². The van der Waals surface area contributed by atoms with Crippen LogP contribution in [-0.2, 0) is 4.79 Å². The molecular weight excluding hydrogens is 214 g/mol. The Bertz CT molecular complexity index is 255. The Morgan fingerprint density at radius 1 is 1.29 bits per heavy atom. The van der Waals surface area contributed by atoms with E-state index in [-0.39, 0.29) is 5.91 Å². The molecule has 2 fully saturated rings. The molecule has 0 spiro atoms. The molecule has 2 heterocycles. The van der Waals surface area contributed by atoms with Crippen LogP contribution in [0.15, 0.2) is 0 Å². The molecule has 0 saturated carbocycles. The zero-order chi connectivity index (χ0) is 12.3. The molecule has 3 N–H and O–H groups in total. The summed E-state index contributed by atoms with van der Waals surface area (Å²) >= 11 is 0. The maximum Gasteiger partial charge on any atom is 0.217 e. The Kier molecular flexibility index (Phi) is 4.40. The van der Waals surface area contributed by atoms with Gasteiger partial charge in [0.05, 0.1) is 0 Å². The van der Waals surface area contributed by atoms with E-state index in [9.17, 15) is 4.79 Å². The predicted octanol–water partition coefficient (Wildman–Crippen LogP) is 0.857. The van der Waals surface area contributed by atoms with Gasteiger partial charge in [-0.15, -0.1) is 0 Å². The molecule has 0 aromatic carbocycles. The first-order valence-corrected chi connectivity index (χ1v) is 6.90. The van der Waals surface area contributed by atoms with Crippen molar-refractivity contribution >= 4 is 5.91 Å². The fraction of sp³-hybridized carbons (Fsp3) is 0.923. The van der Waals surface area contributed by atoms with Crippen LogP contribution in [0.25, 0.3) is 0 Å². The van der Waals surface area contributed by atoms with Gasteiger partial charge in [-0.3, -0.25) is 4.79 Å². The molecule has 2 saturated heterocycles. The summed E-state index contributed by atoms with van der Waals surface area (Å²) in [6.07, 6.45) is 7.85. The second kappa shape index (κ2) is 5.83. The van der Waals surface area contributed by atoms with Crippen LogP contribution in [-0.4, -0.2) is 42.5 Å². The quantitative estimate of drug-likeness (QED) is 0.676. The summed E-state index contributed by atoms with van der Waals surface area (Å²) in [6.45, 7) is 1.03. The number of amides is 1. The van der Waals surface area contributed by atoms with E-state index in [4.69, 9.17) is 5.73 Å². The molecule has 0 radical (unpaired) electrons. The lowest BCUT2D eigenvalue weighted by Crippen LogP contribution is -2.47. The van der Waals surface area contributed by atoms with Gasteiger partial charge in [-0.2, -0.15) is 0 Å². The normalized spacial score (nSPS) is 32.9. The number of hydrogen-bond donors (Lipinski definition) is 2. The summed E-state index contributed by atoms with van der Waals surface area (Å²) in [6, 6.07) is 2.30. The van der Waals surface area contributed by atoms with Gasteiger partial charge >= 0.3 is 0 Å². The van der Waals surface area contributed by atoms with E-state index < -0.39 is 0 Å². The average Bonchev–Trinajstić information content (AvgIpc) is 2.52. The van der Waals surface area contributed by atoms with Crippen molar-refractivity contribution in [2.24, 2.45) is 5.73 Å². The fourth-order valence-corrected chi connectivity index (χ4v) is 3.31. The van der Waals surface area contributed by atoms with Gasteiger partial charge in [0.1, 0.15) is 0 Å². The number of nitrogens with one attached hydrogen (secondary N) is 1. The van der Waals surface area contributed by atoms with Crippen LogP contribution in [0.5, 0.6) is 0 Å². The topological polar surface area (TPSA) is 58.4 Å². The van der Waals surface area contributed by atoms with Crippen LogP contribution in [0.4, 0.5) is 0 Å². The zero-order valence-corrected chi connectivity index (χ0v) is 10.8. The summed E-state index contributed by atoms with van der Waals surface area (Å²) in [5.74, 6) is -0.178. The van der Waals surface area contributed by atoms with Crippen molar-refractivity contribution in [3.63, 3.8) is 0 Å². The third-order valence-corrected chi connectivity index (χ3v) is 4.38. The minimum absolute atomic E-state index is 0.178. The fourth-order valence-electron chi connectivity index (χ4n) is 3.31. The highest BCUT2D eigenvalue weighted by molar-refractivity contribution is 5.73. The Morgan fingerprint density at radius 2 is 1.94 bits per heavy atom. The number of carbonyl (C=O) groups is 1. The third-order valence-electron chi connectivity index (χ3n) is 4.38. The minimum Gasteiger partial charge on any atom is -0.370 e. The Labute approximate surface area is 104 Å². The Balaban J connectivity index is 1.60. The van der Waals surface area contributed by atoms with E-state index in [1.54, 1.807) is 0 Å². The lowest BCUT2D eigenvalue weighted by Gasteiger charge is -2.36. The number of nitrogens with two attached hydrogens (primary N) is 1. The molecule has 4 heteroatoms. The molecule has 2 aliphatic heterocycles. The van der Waals surface area contributed by atoms with E-state index >= 15 is 0 Å². The Morgan fingerprint density at radius 3 is 2.53 bits per heavy atom. The first-order chi connectivity index (χ1) is 8.16. The van der Waals surface area contributed by atoms with Crippen molar-refractivity contribution in [3.8, 4) is 0 Å². The molecule has 2 rings (SSSR count). The number of unbranched alkanes of at least 4 members (excludes halogenated alkanes) is 1. The molecule has 4 nitrogen and oxygen atoms in total. The largest absolute Gasteiger partial charge is 0.370 e. The van der Waals surface area contributed by atoms with Gasteiger partial charge < -0.3 is 16.0 Å². The van der Waals surface area contributed by atoms with Crippen LogP contribution in [0.3, 0.4) is 0 Å². The van der Waals surface area contributed by atoms with Crippen LogP contribution in [0.1, 0.15) is 44.9 Å². The summed E-state index contributed by atoms with van der Waals surface area (Å²) < 4.78 is 0. The summed E-state index contributed by atoms with van der Waals surface area (Å²) in [7, 11) is 2.27. The third kappa shape index (κ3) is 3.42. The van der Waals surface area contributed by atoms with Crippen molar-refractivity contribution in [2.45, 2.75) is 63.1 Å². The van der Waals surface area contributed by atoms with Crippen molar-refractivity contribution in [1.29, 1.82) is 0 Å². The lowest BCUT2D eigenvalue weighted by atomic mass is 9.98. The molecule has 2 aliphatic rings. The van der Waals surface area contributed by atoms with Gasteiger partial charge in [-0.1, -0.05) is 0 Å². The van der Waals surface area contributed by atoms with Crippen molar-refractivity contribution in [2.75, 3.05) is 13.6 Å². The summed E-state index contributed by atoms with van der Waals surface area (Å²) in [5, 5.41) is 3.64. The molecule has 17 heavy (non-hydrogen) atoms. The van der Waals surface area contributed by atoms with E-state index in [2.05, 4.69) is 17.3 Å². The maximum absolute atomic E-state index is 10.6. The molecule has 0 aliphatic carbocycles. The van der Waals surface area contributed by atoms with Crippen LogP contribution < -0.4 is 11.1 Å². The number of nitrogens with zero attached hydrogens (tertiary/aromatic N) is 1. The first-order valence-electron chi connectivity index (χ1n) is 6.90. The lowest BCUT2D eigenvalue weighted by molar-refractivity contribution is -0.118. The van der Waals surface area contributed by atoms with Gasteiger partial charge in [-0.05, 0) is 52.1 Å². The van der Waals surface area contributed by atoms with E-state index in [1.165, 1.54) is 25.7 Å². The van der Waals surface area contributed by atoms with Crippen molar-refractivity contribution < 1.29 is 4.79 Å². The van der Waals surface area contributed by atoms with Gasteiger partial charge in [0.2, 0.25) is 5.91 Å². The smallest absolute Gasteiger partial charge is 0.217 e. The molecule has 1 amide bonds. The highest BCUT2D eigenvalue weighted by Gasteiger charge is 2.37. The molecular formula is C13H25N3O. The molecule has 0 aromatic heterocycles. The number of primary amides is 1. The van der Waals surface area contributed by atoms with Crippen molar-refractivity contribution in [3.05, 3.63) is 0 Å². The van der Waals surface area contributed by atoms with Gasteiger partial charge in [-0.25, -0.2) is 0 Å². The van der Waals surface area contributed by atoms with E-state index in [1.807, 2.05) is 0 Å². The second-order valence-corrected chi connectivity index (χ2v) is 5.60. The predicted molar refractivity (Wildman–Crippen MR) is 68.6 cm³/mol. The monoisotopic (exact) mass is 239 g/mol. The van der Waals surface area contributed by atoms with Crippen molar-refractivity contribution in [1.82, 2.24) is 10.2 Å². The zero-order valence-electron chi connectivity index (χ0n) is 10.8. The second-order valence-electron chi connectivity index (χ2n) is 5.60. The van der Waals surface area contributed by atoms with Gasteiger partial charge in [0, 0.05) is 24.5 Å². The van der Waals surface area contributed by atoms with E-state index in [0.29, 0.717) is 12.5 Å². The number of carbonyl (C=O) groups excluding carboxylic acids is 1. The number of hydrogen-bond acceptors (Lipinski definition) is 3. The Hall–Kier alpha value is -0.610. The highest BCUT2D eigenvalue weighted by Crippen LogP contribution is 2.34. The highest BCUT2D eigenvalue weighted by atomic mass is 16.1. The standard InChI is InChI=1S/C13H25N3O/c1-16-11-5-6-12(16)9-10(8-11)15-7-3-2-4-13(14)17/h10-12,15H,2-9H2,1H3,(H2,14,17). The first kappa shape index (κ1) is 12.8. The average molecular weight is 239 g/mol. The maximum atomic E-state index is 10.6. The molecule has 98 valence electrons. The van der Waals surface area contributed by atoms with Gasteiger partial charge in [0.15, 0.2) is 0 Å². The number of piperidine rings is 1. The molecule has 2 unspecified atom stereocenters. The molecule has 0 aromatic rings. The van der Waals surface area contributed by atoms with Crippen LogP contribution in [0.2, 0.25) is 0 Å². The van der Waals surface area contributed by atoms with E-state index in [0.717, 1.165) is 31.5 Å². The summed E-state index contributed by atoms with van der Waals surface area (Å²) in [5.41, 5.74) is 5.11. The van der Waals surface area contributed by atoms with Crippen LogP contribution in [0, 0.1) is 0 Å². The molecule has 2 atom stereocenters. The van der Waals surface area contributed by atoms with Crippen LogP contribution >= 0.6 is 0 Å². The minimum atomic E-state index is -0.178. The summed E-state index contributed by atoms with van der Waals surface area (Å²) in [4.78, 5) is 13.2. The number of fused-ring (bicyclic) bond motifs is 2.